The molecule has 0 fully saturated rings. The topological polar surface area (TPSA) is 88.4 Å². The summed E-state index contributed by atoms with van der Waals surface area (Å²) >= 11 is 0. The number of amides is 1. The van der Waals surface area contributed by atoms with Crippen LogP contribution < -0.4 is 10.9 Å². The van der Waals surface area contributed by atoms with Crippen molar-refractivity contribution in [1.29, 1.82) is 0 Å². The predicted molar refractivity (Wildman–Crippen MR) is 94.5 cm³/mol. The van der Waals surface area contributed by atoms with Crippen LogP contribution in [0.25, 0.3) is 0 Å². The summed E-state index contributed by atoms with van der Waals surface area (Å²) in [5.74, 6) is -1.64. The highest BCUT2D eigenvalue weighted by atomic mass is 16.4. The molecule has 1 atom stereocenters. The quantitative estimate of drug-likeness (QED) is 0.836. The van der Waals surface area contributed by atoms with E-state index >= 15 is 0 Å². The Bertz CT molecular complexity index is 825. The van der Waals surface area contributed by atoms with Crippen molar-refractivity contribution in [2.75, 3.05) is 0 Å². The first kappa shape index (κ1) is 18.4. The lowest BCUT2D eigenvalue weighted by atomic mass is 10.00. The van der Waals surface area contributed by atoms with Gasteiger partial charge >= 0.3 is 5.97 Å². The molecule has 2 N–H and O–H groups in total. The summed E-state index contributed by atoms with van der Waals surface area (Å²) in [4.78, 5) is 36.5. The third-order valence-electron chi connectivity index (χ3n) is 4.15. The second-order valence-electron chi connectivity index (χ2n) is 6.45. The normalized spacial score (nSPS) is 12.4. The van der Waals surface area contributed by atoms with E-state index in [2.05, 4.69) is 5.32 Å². The van der Waals surface area contributed by atoms with Crippen LogP contribution >= 0.6 is 0 Å². The summed E-state index contributed by atoms with van der Waals surface area (Å²) in [5.41, 5.74) is -0.0916. The lowest BCUT2D eigenvalue weighted by Crippen LogP contribution is -2.54. The van der Waals surface area contributed by atoms with Crippen molar-refractivity contribution >= 4 is 11.9 Å². The molecule has 0 radical (unpaired) electrons. The van der Waals surface area contributed by atoms with E-state index in [-0.39, 0.29) is 12.0 Å². The summed E-state index contributed by atoms with van der Waals surface area (Å²) in [6, 6.07) is 12.7. The maximum absolute atomic E-state index is 12.7. The van der Waals surface area contributed by atoms with Crippen molar-refractivity contribution in [3.8, 4) is 0 Å². The lowest BCUT2D eigenvalue weighted by Gasteiger charge is -2.29. The van der Waals surface area contributed by atoms with Crippen LogP contribution in [0.4, 0.5) is 0 Å². The highest BCUT2D eigenvalue weighted by Crippen LogP contribution is 2.16. The minimum Gasteiger partial charge on any atom is -0.480 e. The van der Waals surface area contributed by atoms with Crippen molar-refractivity contribution in [3.05, 3.63) is 70.1 Å². The Kier molecular flexibility index (Phi) is 5.41. The van der Waals surface area contributed by atoms with Gasteiger partial charge < -0.3 is 10.4 Å². The van der Waals surface area contributed by atoms with Crippen LogP contribution in [0.2, 0.25) is 0 Å². The van der Waals surface area contributed by atoms with Gasteiger partial charge in [0.25, 0.3) is 5.56 Å². The maximum atomic E-state index is 12.7. The molecule has 0 spiro atoms. The fourth-order valence-electron chi connectivity index (χ4n) is 2.80. The van der Waals surface area contributed by atoms with Crippen LogP contribution in [0.15, 0.2) is 53.3 Å². The summed E-state index contributed by atoms with van der Waals surface area (Å²) in [6.45, 7) is 4.92. The molecule has 0 saturated carbocycles. The Balaban J connectivity index is 2.25. The number of carboxylic acids is 1. The first-order valence-corrected chi connectivity index (χ1v) is 8.00. The summed E-state index contributed by atoms with van der Waals surface area (Å²) < 4.78 is 1.36. The van der Waals surface area contributed by atoms with Crippen LogP contribution in [0.5, 0.6) is 0 Å². The van der Waals surface area contributed by atoms with Crippen molar-refractivity contribution < 1.29 is 14.7 Å². The third kappa shape index (κ3) is 4.15. The van der Waals surface area contributed by atoms with Crippen molar-refractivity contribution in [2.24, 2.45) is 0 Å². The van der Waals surface area contributed by atoms with Crippen molar-refractivity contribution in [2.45, 2.75) is 38.8 Å². The molecular formula is C19H22N2O4. The van der Waals surface area contributed by atoms with E-state index in [9.17, 15) is 19.5 Å². The molecular weight excluding hydrogens is 320 g/mol. The molecule has 0 aliphatic carbocycles. The molecule has 6 heteroatoms. The smallest absolute Gasteiger partial charge is 0.326 e. The van der Waals surface area contributed by atoms with Gasteiger partial charge in [-0.1, -0.05) is 36.4 Å². The fraction of sp³-hybridized carbons (Fsp3) is 0.316. The molecule has 1 unspecified atom stereocenters. The van der Waals surface area contributed by atoms with E-state index in [1.165, 1.54) is 10.6 Å². The molecule has 1 aromatic heterocycles. The van der Waals surface area contributed by atoms with E-state index in [0.29, 0.717) is 5.69 Å². The zero-order valence-electron chi connectivity index (χ0n) is 14.5. The Hall–Kier alpha value is -2.89. The second kappa shape index (κ2) is 7.34. The van der Waals surface area contributed by atoms with Gasteiger partial charge in [-0.2, -0.15) is 0 Å². The Morgan fingerprint density at radius 2 is 1.76 bits per heavy atom. The minimum atomic E-state index is -1.22. The van der Waals surface area contributed by atoms with Gasteiger partial charge in [0.1, 0.15) is 11.6 Å². The molecule has 0 saturated heterocycles. The first-order valence-electron chi connectivity index (χ1n) is 8.00. The van der Waals surface area contributed by atoms with Crippen LogP contribution in [0.1, 0.15) is 25.1 Å². The number of hydrogen-bond acceptors (Lipinski definition) is 3. The van der Waals surface area contributed by atoms with Gasteiger partial charge in [0, 0.05) is 18.2 Å². The zero-order chi connectivity index (χ0) is 18.6. The standard InChI is InChI=1S/C19H22N2O4/c1-13-8-7-11-16(22)21(13)19(2,3)18(25)20-15(17(23)24)12-14-9-5-4-6-10-14/h4-11,15H,12H2,1-3H3,(H,20,25)(H,23,24). The van der Waals surface area contributed by atoms with E-state index in [1.54, 1.807) is 45.0 Å². The maximum Gasteiger partial charge on any atom is 0.326 e. The van der Waals surface area contributed by atoms with E-state index < -0.39 is 23.5 Å². The summed E-state index contributed by atoms with van der Waals surface area (Å²) in [7, 11) is 0. The summed E-state index contributed by atoms with van der Waals surface area (Å²) in [6.07, 6.45) is 0.167. The molecule has 1 heterocycles. The highest BCUT2D eigenvalue weighted by molar-refractivity contribution is 5.88. The fourth-order valence-corrected chi connectivity index (χ4v) is 2.80. The highest BCUT2D eigenvalue weighted by Gasteiger charge is 2.34. The predicted octanol–water partition coefficient (Wildman–Crippen LogP) is 1.70. The van der Waals surface area contributed by atoms with E-state index in [1.807, 2.05) is 18.2 Å². The van der Waals surface area contributed by atoms with Crippen LogP contribution in [-0.2, 0) is 21.5 Å². The molecule has 1 aromatic carbocycles. The van der Waals surface area contributed by atoms with Gasteiger partial charge in [0.05, 0.1) is 0 Å². The number of carbonyl (C=O) groups is 2. The Labute approximate surface area is 146 Å². The van der Waals surface area contributed by atoms with Crippen LogP contribution in [0, 0.1) is 6.92 Å². The van der Waals surface area contributed by atoms with Gasteiger partial charge in [-0.25, -0.2) is 4.79 Å². The number of aliphatic carboxylic acids is 1. The molecule has 0 aliphatic heterocycles. The molecule has 25 heavy (non-hydrogen) atoms. The number of carboxylic acid groups (broad SMARTS) is 1. The number of rotatable bonds is 6. The second-order valence-corrected chi connectivity index (χ2v) is 6.45. The average molecular weight is 342 g/mol. The lowest BCUT2D eigenvalue weighted by molar-refractivity contribution is -0.143. The number of aryl methyl sites for hydroxylation is 1. The average Bonchev–Trinajstić information content (AvgIpc) is 2.54. The Morgan fingerprint density at radius 3 is 2.32 bits per heavy atom. The number of nitrogens with zero attached hydrogens (tertiary/aromatic N) is 1. The van der Waals surface area contributed by atoms with Gasteiger partial charge in [-0.15, -0.1) is 0 Å². The van der Waals surface area contributed by atoms with E-state index in [4.69, 9.17) is 0 Å². The number of aromatic nitrogens is 1. The SMILES string of the molecule is Cc1cccc(=O)n1C(C)(C)C(=O)NC(Cc1ccccc1)C(=O)O. The van der Waals surface area contributed by atoms with Crippen molar-refractivity contribution in [3.63, 3.8) is 0 Å². The van der Waals surface area contributed by atoms with Crippen molar-refractivity contribution in [1.82, 2.24) is 9.88 Å². The van der Waals surface area contributed by atoms with Crippen LogP contribution in [-0.4, -0.2) is 27.6 Å². The first-order chi connectivity index (χ1) is 11.7. The number of pyridine rings is 1. The molecule has 2 aromatic rings. The molecule has 132 valence electrons. The molecule has 2 rings (SSSR count). The minimum absolute atomic E-state index is 0.167. The van der Waals surface area contributed by atoms with Gasteiger partial charge in [-0.05, 0) is 32.4 Å². The molecule has 0 aliphatic rings. The Morgan fingerprint density at radius 1 is 1.12 bits per heavy atom. The largest absolute Gasteiger partial charge is 0.480 e. The number of benzene rings is 1. The summed E-state index contributed by atoms with van der Waals surface area (Å²) in [5, 5.41) is 12.0. The number of nitrogens with one attached hydrogen (secondary N) is 1. The van der Waals surface area contributed by atoms with Gasteiger partial charge in [-0.3, -0.25) is 14.2 Å². The molecule has 6 nitrogen and oxygen atoms in total. The zero-order valence-corrected chi connectivity index (χ0v) is 14.5. The van der Waals surface area contributed by atoms with Gasteiger partial charge in [0.15, 0.2) is 0 Å². The van der Waals surface area contributed by atoms with E-state index in [0.717, 1.165) is 5.56 Å². The van der Waals surface area contributed by atoms with Gasteiger partial charge in [0.2, 0.25) is 5.91 Å². The third-order valence-corrected chi connectivity index (χ3v) is 4.15. The number of hydrogen-bond donors (Lipinski definition) is 2. The molecule has 0 bridgehead atoms. The monoisotopic (exact) mass is 342 g/mol. The molecule has 1 amide bonds. The number of carbonyl (C=O) groups excluding carboxylic acids is 1. The van der Waals surface area contributed by atoms with Crippen LogP contribution in [0.3, 0.4) is 0 Å².